The van der Waals surface area contributed by atoms with Crippen molar-refractivity contribution in [1.29, 1.82) is 0 Å². The van der Waals surface area contributed by atoms with Gasteiger partial charge in [0.15, 0.2) is 0 Å². The monoisotopic (exact) mass is 235 g/mol. The van der Waals surface area contributed by atoms with Crippen LogP contribution in [0.4, 0.5) is 0 Å². The van der Waals surface area contributed by atoms with Crippen LogP contribution in [0.25, 0.3) is 0 Å². The number of hydrogen-bond donors (Lipinski definition) is 1. The molecule has 0 saturated carbocycles. The highest BCUT2D eigenvalue weighted by atomic mass is 32.2. The molecule has 0 bridgehead atoms. The number of nitrogens with one attached hydrogen (secondary N) is 1. The highest BCUT2D eigenvalue weighted by Crippen LogP contribution is 2.11. The smallest absolute Gasteiger partial charge is 0.246 e. The van der Waals surface area contributed by atoms with Crippen LogP contribution in [0.3, 0.4) is 0 Å². The van der Waals surface area contributed by atoms with E-state index in [2.05, 4.69) is 5.32 Å². The van der Waals surface area contributed by atoms with Gasteiger partial charge in [0.05, 0.1) is 11.5 Å². The summed E-state index contributed by atoms with van der Waals surface area (Å²) in [7, 11) is -2.85. The van der Waals surface area contributed by atoms with Crippen molar-refractivity contribution in [1.82, 2.24) is 5.32 Å². The molecule has 0 aromatic carbocycles. The van der Waals surface area contributed by atoms with Gasteiger partial charge in [0.25, 0.3) is 0 Å². The molecule has 0 unspecified atom stereocenters. The number of hydrogen-bond acceptors (Lipinski definition) is 4. The summed E-state index contributed by atoms with van der Waals surface area (Å²) in [5.41, 5.74) is 0. The number of ether oxygens (including phenoxy) is 1. The Balaban J connectivity index is 2.26. The van der Waals surface area contributed by atoms with Crippen molar-refractivity contribution in [2.45, 2.75) is 25.8 Å². The second-order valence-corrected chi connectivity index (χ2v) is 5.93. The summed E-state index contributed by atoms with van der Waals surface area (Å²) in [5.74, 6) is 0.181. The second-order valence-electron chi connectivity index (χ2n) is 3.63. The summed E-state index contributed by atoms with van der Waals surface area (Å²) in [5, 5.41) is 2.76. The number of sulfone groups is 1. The van der Waals surface area contributed by atoms with E-state index in [1.807, 2.05) is 6.92 Å². The zero-order valence-electron chi connectivity index (χ0n) is 8.86. The van der Waals surface area contributed by atoms with Gasteiger partial charge in [-0.1, -0.05) is 0 Å². The van der Waals surface area contributed by atoms with Gasteiger partial charge in [0, 0.05) is 12.6 Å². The minimum Gasteiger partial charge on any atom is -0.372 e. The highest BCUT2D eigenvalue weighted by molar-refractivity contribution is 7.91. The average molecular weight is 235 g/mol. The van der Waals surface area contributed by atoms with Crippen LogP contribution in [-0.4, -0.2) is 45.1 Å². The van der Waals surface area contributed by atoms with E-state index in [1.165, 1.54) is 0 Å². The number of rotatable bonds is 4. The Labute approximate surface area is 90.1 Å². The number of amides is 1. The molecule has 1 amide bonds. The normalized spacial score (nSPS) is 21.1. The second kappa shape index (κ2) is 5.46. The molecule has 0 aromatic heterocycles. The predicted molar refractivity (Wildman–Crippen MR) is 56.3 cm³/mol. The van der Waals surface area contributed by atoms with Gasteiger partial charge in [-0.05, 0) is 19.8 Å². The minimum atomic E-state index is -2.85. The van der Waals surface area contributed by atoms with Crippen molar-refractivity contribution in [3.63, 3.8) is 0 Å². The molecule has 1 saturated heterocycles. The van der Waals surface area contributed by atoms with Crippen molar-refractivity contribution in [3.05, 3.63) is 0 Å². The fourth-order valence-corrected chi connectivity index (χ4v) is 2.99. The van der Waals surface area contributed by atoms with Crippen molar-refractivity contribution in [2.75, 3.05) is 24.7 Å². The highest BCUT2D eigenvalue weighted by Gasteiger charge is 2.24. The van der Waals surface area contributed by atoms with E-state index in [0.717, 1.165) is 0 Å². The topological polar surface area (TPSA) is 72.5 Å². The molecule has 0 aliphatic carbocycles. The van der Waals surface area contributed by atoms with Gasteiger partial charge >= 0.3 is 0 Å². The third kappa shape index (κ3) is 4.61. The summed E-state index contributed by atoms with van der Waals surface area (Å²) >= 11 is 0. The maximum absolute atomic E-state index is 11.2. The van der Waals surface area contributed by atoms with Crippen molar-refractivity contribution in [3.8, 4) is 0 Å². The molecule has 5 nitrogen and oxygen atoms in total. The zero-order chi connectivity index (χ0) is 11.3. The molecule has 6 heteroatoms. The van der Waals surface area contributed by atoms with E-state index < -0.39 is 9.84 Å². The molecule has 1 rings (SSSR count). The molecular weight excluding hydrogens is 218 g/mol. The summed E-state index contributed by atoms with van der Waals surface area (Å²) in [6, 6.07) is -0.0125. The van der Waals surface area contributed by atoms with Crippen LogP contribution in [0.2, 0.25) is 0 Å². The summed E-state index contributed by atoms with van der Waals surface area (Å²) in [6.07, 6.45) is 1.03. The zero-order valence-corrected chi connectivity index (χ0v) is 9.68. The van der Waals surface area contributed by atoms with E-state index in [1.54, 1.807) is 0 Å². The lowest BCUT2D eigenvalue weighted by Gasteiger charge is -2.22. The Morgan fingerprint density at radius 2 is 2.00 bits per heavy atom. The van der Waals surface area contributed by atoms with Gasteiger partial charge in [-0.15, -0.1) is 0 Å². The lowest BCUT2D eigenvalue weighted by Crippen LogP contribution is -2.42. The maximum Gasteiger partial charge on any atom is 0.246 e. The fraction of sp³-hybridized carbons (Fsp3) is 0.889. The summed E-state index contributed by atoms with van der Waals surface area (Å²) in [4.78, 5) is 11.2. The van der Waals surface area contributed by atoms with Gasteiger partial charge < -0.3 is 10.1 Å². The molecule has 88 valence electrons. The van der Waals surface area contributed by atoms with Gasteiger partial charge in [-0.25, -0.2) is 8.42 Å². The van der Waals surface area contributed by atoms with E-state index >= 15 is 0 Å². The Morgan fingerprint density at radius 1 is 1.40 bits per heavy atom. The molecule has 0 spiro atoms. The van der Waals surface area contributed by atoms with Crippen LogP contribution in [0, 0.1) is 0 Å². The molecule has 1 fully saturated rings. The van der Waals surface area contributed by atoms with Crippen LogP contribution in [0.1, 0.15) is 19.8 Å². The Kier molecular flexibility index (Phi) is 4.53. The first kappa shape index (κ1) is 12.4. The Morgan fingerprint density at radius 3 is 2.53 bits per heavy atom. The van der Waals surface area contributed by atoms with Crippen LogP contribution in [0.15, 0.2) is 0 Å². The van der Waals surface area contributed by atoms with Gasteiger partial charge in [-0.3, -0.25) is 4.79 Å². The fourth-order valence-electron chi connectivity index (χ4n) is 1.50. The molecule has 15 heavy (non-hydrogen) atoms. The third-order valence-electron chi connectivity index (χ3n) is 2.36. The molecule has 0 atom stereocenters. The van der Waals surface area contributed by atoms with Crippen molar-refractivity contribution >= 4 is 15.7 Å². The summed E-state index contributed by atoms with van der Waals surface area (Å²) in [6.45, 7) is 2.38. The first-order chi connectivity index (χ1) is 7.03. The number of carbonyl (C=O) groups is 1. The molecule has 1 aliphatic heterocycles. The maximum atomic E-state index is 11.2. The predicted octanol–water partition coefficient (Wildman–Crippen LogP) is -0.284. The van der Waals surface area contributed by atoms with E-state index in [9.17, 15) is 13.2 Å². The quantitative estimate of drug-likeness (QED) is 0.727. The van der Waals surface area contributed by atoms with Gasteiger partial charge in [-0.2, -0.15) is 0 Å². The van der Waals surface area contributed by atoms with E-state index in [0.29, 0.717) is 19.4 Å². The standard InChI is InChI=1S/C9H17NO4S/c1-2-14-7-9(11)10-8-3-5-15(12,13)6-4-8/h8H,2-7H2,1H3,(H,10,11). The Bertz CT molecular complexity index is 298. The van der Waals surface area contributed by atoms with Crippen molar-refractivity contribution in [2.24, 2.45) is 0 Å². The lowest BCUT2D eigenvalue weighted by atomic mass is 10.1. The van der Waals surface area contributed by atoms with Gasteiger partial charge in [0.2, 0.25) is 5.91 Å². The largest absolute Gasteiger partial charge is 0.372 e. The molecule has 1 N–H and O–H groups in total. The molecule has 0 radical (unpaired) electrons. The van der Waals surface area contributed by atoms with Crippen LogP contribution >= 0.6 is 0 Å². The number of carbonyl (C=O) groups excluding carboxylic acids is 1. The molecule has 0 aromatic rings. The molecular formula is C9H17NO4S. The van der Waals surface area contributed by atoms with Gasteiger partial charge in [0.1, 0.15) is 16.4 Å². The van der Waals surface area contributed by atoms with E-state index in [4.69, 9.17) is 4.74 Å². The SMILES string of the molecule is CCOCC(=O)NC1CCS(=O)(=O)CC1. The van der Waals surface area contributed by atoms with Crippen LogP contribution < -0.4 is 5.32 Å². The van der Waals surface area contributed by atoms with E-state index in [-0.39, 0.29) is 30.1 Å². The molecule has 1 aliphatic rings. The van der Waals surface area contributed by atoms with Crippen LogP contribution in [0.5, 0.6) is 0 Å². The molecule has 1 heterocycles. The first-order valence-electron chi connectivity index (χ1n) is 5.11. The minimum absolute atomic E-state index is 0.0125. The Hall–Kier alpha value is -0.620. The summed E-state index contributed by atoms with van der Waals surface area (Å²) < 4.78 is 27.2. The van der Waals surface area contributed by atoms with Crippen molar-refractivity contribution < 1.29 is 17.9 Å². The lowest BCUT2D eigenvalue weighted by molar-refractivity contribution is -0.126. The average Bonchev–Trinajstić information content (AvgIpc) is 2.18. The first-order valence-corrected chi connectivity index (χ1v) is 6.93. The van der Waals surface area contributed by atoms with Crippen LogP contribution in [-0.2, 0) is 19.4 Å². The third-order valence-corrected chi connectivity index (χ3v) is 4.07.